The Kier molecular flexibility index (Phi) is 4.55. The lowest BCUT2D eigenvalue weighted by atomic mass is 10.0. The van der Waals surface area contributed by atoms with Crippen LogP contribution in [0.25, 0.3) is 0 Å². The second-order valence-corrected chi connectivity index (χ2v) is 4.23. The molecular weight excluding hydrogens is 204 g/mol. The van der Waals surface area contributed by atoms with Gasteiger partial charge < -0.3 is 10.2 Å². The van der Waals surface area contributed by atoms with Gasteiger partial charge in [-0.05, 0) is 18.1 Å². The van der Waals surface area contributed by atoms with Gasteiger partial charge in [-0.25, -0.2) is 0 Å². The first-order valence-corrected chi connectivity index (χ1v) is 5.64. The van der Waals surface area contributed by atoms with E-state index in [-0.39, 0.29) is 17.9 Å². The highest BCUT2D eigenvalue weighted by atomic mass is 16.3. The van der Waals surface area contributed by atoms with Crippen LogP contribution < -0.4 is 11.1 Å². The zero-order valence-corrected chi connectivity index (χ0v) is 10.1. The molecule has 1 unspecified atom stereocenters. The van der Waals surface area contributed by atoms with Crippen molar-refractivity contribution in [2.45, 2.75) is 39.8 Å². The standard InChI is InChI=1S/C12H20N2O2/c1-4-9-5-6-10(16-9)7-14-11(8(2)3)12(13)15/h5-6,8,11,14H,4,7H2,1-3H3,(H2,13,15). The summed E-state index contributed by atoms with van der Waals surface area (Å²) in [5.74, 6) is 1.65. The van der Waals surface area contributed by atoms with Gasteiger partial charge >= 0.3 is 0 Å². The maximum atomic E-state index is 11.2. The Balaban J connectivity index is 2.52. The Morgan fingerprint density at radius 3 is 2.50 bits per heavy atom. The summed E-state index contributed by atoms with van der Waals surface area (Å²) in [6.45, 7) is 6.49. The topological polar surface area (TPSA) is 68.3 Å². The van der Waals surface area contributed by atoms with Gasteiger partial charge in [0.2, 0.25) is 5.91 Å². The summed E-state index contributed by atoms with van der Waals surface area (Å²) in [6, 6.07) is 3.56. The first-order valence-electron chi connectivity index (χ1n) is 5.64. The number of carbonyl (C=O) groups is 1. The number of hydrogen-bond donors (Lipinski definition) is 2. The van der Waals surface area contributed by atoms with Crippen molar-refractivity contribution in [1.29, 1.82) is 0 Å². The van der Waals surface area contributed by atoms with Gasteiger partial charge in [0.15, 0.2) is 0 Å². The maximum Gasteiger partial charge on any atom is 0.234 e. The summed E-state index contributed by atoms with van der Waals surface area (Å²) in [4.78, 5) is 11.2. The molecule has 16 heavy (non-hydrogen) atoms. The highest BCUT2D eigenvalue weighted by Crippen LogP contribution is 2.09. The summed E-state index contributed by atoms with van der Waals surface area (Å²) >= 11 is 0. The van der Waals surface area contributed by atoms with Gasteiger partial charge in [0.05, 0.1) is 12.6 Å². The number of hydrogen-bond acceptors (Lipinski definition) is 3. The fourth-order valence-electron chi connectivity index (χ4n) is 1.58. The van der Waals surface area contributed by atoms with Gasteiger partial charge in [-0.15, -0.1) is 0 Å². The van der Waals surface area contributed by atoms with Crippen molar-refractivity contribution in [2.24, 2.45) is 11.7 Å². The molecule has 0 saturated carbocycles. The molecule has 0 aliphatic heterocycles. The van der Waals surface area contributed by atoms with E-state index in [2.05, 4.69) is 5.32 Å². The molecule has 1 heterocycles. The number of primary amides is 1. The second kappa shape index (κ2) is 5.70. The lowest BCUT2D eigenvalue weighted by Gasteiger charge is -2.17. The summed E-state index contributed by atoms with van der Waals surface area (Å²) in [5.41, 5.74) is 5.30. The highest BCUT2D eigenvalue weighted by Gasteiger charge is 2.18. The Labute approximate surface area is 96.2 Å². The smallest absolute Gasteiger partial charge is 0.234 e. The van der Waals surface area contributed by atoms with Crippen LogP contribution in [-0.2, 0) is 17.8 Å². The summed E-state index contributed by atoms with van der Waals surface area (Å²) in [7, 11) is 0. The average Bonchev–Trinajstić information content (AvgIpc) is 2.65. The summed E-state index contributed by atoms with van der Waals surface area (Å²) in [5, 5.41) is 3.10. The molecule has 4 nitrogen and oxygen atoms in total. The van der Waals surface area contributed by atoms with Crippen LogP contribution in [0.2, 0.25) is 0 Å². The van der Waals surface area contributed by atoms with Crippen molar-refractivity contribution in [2.75, 3.05) is 0 Å². The molecule has 0 fully saturated rings. The second-order valence-electron chi connectivity index (χ2n) is 4.23. The van der Waals surface area contributed by atoms with Crippen LogP contribution >= 0.6 is 0 Å². The van der Waals surface area contributed by atoms with Gasteiger partial charge in [0, 0.05) is 6.42 Å². The number of rotatable bonds is 6. The molecule has 0 aliphatic rings. The first-order chi connectivity index (χ1) is 7.54. The number of amides is 1. The molecule has 3 N–H and O–H groups in total. The Morgan fingerprint density at radius 1 is 1.44 bits per heavy atom. The molecule has 1 aromatic heterocycles. The van der Waals surface area contributed by atoms with E-state index >= 15 is 0 Å². The van der Waals surface area contributed by atoms with E-state index in [0.717, 1.165) is 17.9 Å². The summed E-state index contributed by atoms with van der Waals surface area (Å²) < 4.78 is 5.53. The first kappa shape index (κ1) is 12.8. The van der Waals surface area contributed by atoms with Crippen molar-refractivity contribution in [3.05, 3.63) is 23.7 Å². The third-order valence-corrected chi connectivity index (χ3v) is 2.54. The van der Waals surface area contributed by atoms with Gasteiger partial charge in [0.1, 0.15) is 11.5 Å². The van der Waals surface area contributed by atoms with E-state index in [1.807, 2.05) is 32.9 Å². The quantitative estimate of drug-likeness (QED) is 0.768. The van der Waals surface area contributed by atoms with Gasteiger partial charge in [0.25, 0.3) is 0 Å². The van der Waals surface area contributed by atoms with Crippen LogP contribution in [0.5, 0.6) is 0 Å². The molecular formula is C12H20N2O2. The lowest BCUT2D eigenvalue weighted by molar-refractivity contribution is -0.121. The molecule has 90 valence electrons. The van der Waals surface area contributed by atoms with E-state index < -0.39 is 0 Å². The van der Waals surface area contributed by atoms with Crippen LogP contribution in [0.1, 0.15) is 32.3 Å². The van der Waals surface area contributed by atoms with Crippen molar-refractivity contribution in [1.82, 2.24) is 5.32 Å². The highest BCUT2D eigenvalue weighted by molar-refractivity contribution is 5.80. The molecule has 0 aromatic carbocycles. The largest absolute Gasteiger partial charge is 0.465 e. The zero-order chi connectivity index (χ0) is 12.1. The Hall–Kier alpha value is -1.29. The van der Waals surface area contributed by atoms with E-state index in [1.165, 1.54) is 0 Å². The molecule has 0 saturated heterocycles. The van der Waals surface area contributed by atoms with Gasteiger partial charge in [-0.2, -0.15) is 0 Å². The molecule has 0 bridgehead atoms. The minimum absolute atomic E-state index is 0.179. The third-order valence-electron chi connectivity index (χ3n) is 2.54. The van der Waals surface area contributed by atoms with Crippen molar-refractivity contribution in [3.63, 3.8) is 0 Å². The van der Waals surface area contributed by atoms with Crippen LogP contribution in [-0.4, -0.2) is 11.9 Å². The maximum absolute atomic E-state index is 11.2. The normalized spacial score (nSPS) is 13.0. The van der Waals surface area contributed by atoms with Crippen molar-refractivity contribution in [3.8, 4) is 0 Å². The van der Waals surface area contributed by atoms with E-state index in [9.17, 15) is 4.79 Å². The number of carbonyl (C=O) groups excluding carboxylic acids is 1. The molecule has 4 heteroatoms. The predicted octanol–water partition coefficient (Wildman–Crippen LogP) is 1.44. The van der Waals surface area contributed by atoms with Crippen LogP contribution in [0.3, 0.4) is 0 Å². The average molecular weight is 224 g/mol. The van der Waals surface area contributed by atoms with Crippen LogP contribution in [0.15, 0.2) is 16.5 Å². The molecule has 0 aliphatic carbocycles. The van der Waals surface area contributed by atoms with Crippen LogP contribution in [0, 0.1) is 5.92 Å². The minimum Gasteiger partial charge on any atom is -0.465 e. The Morgan fingerprint density at radius 2 is 2.06 bits per heavy atom. The van der Waals surface area contributed by atoms with E-state index in [0.29, 0.717) is 6.54 Å². The monoisotopic (exact) mass is 224 g/mol. The number of nitrogens with two attached hydrogens (primary N) is 1. The summed E-state index contributed by atoms with van der Waals surface area (Å²) in [6.07, 6.45) is 0.878. The van der Waals surface area contributed by atoms with Gasteiger partial charge in [-0.1, -0.05) is 20.8 Å². The van der Waals surface area contributed by atoms with E-state index in [1.54, 1.807) is 0 Å². The zero-order valence-electron chi connectivity index (χ0n) is 10.1. The molecule has 0 radical (unpaired) electrons. The molecule has 1 rings (SSSR count). The third kappa shape index (κ3) is 3.38. The number of nitrogens with one attached hydrogen (secondary N) is 1. The number of furan rings is 1. The Bertz CT molecular complexity index is 345. The number of aryl methyl sites for hydroxylation is 1. The molecule has 1 aromatic rings. The van der Waals surface area contributed by atoms with Crippen LogP contribution in [0.4, 0.5) is 0 Å². The van der Waals surface area contributed by atoms with Crippen molar-refractivity contribution < 1.29 is 9.21 Å². The lowest BCUT2D eigenvalue weighted by Crippen LogP contribution is -2.44. The van der Waals surface area contributed by atoms with Gasteiger partial charge in [-0.3, -0.25) is 10.1 Å². The fraction of sp³-hybridized carbons (Fsp3) is 0.583. The molecule has 1 atom stereocenters. The fourth-order valence-corrected chi connectivity index (χ4v) is 1.58. The SMILES string of the molecule is CCc1ccc(CNC(C(N)=O)C(C)C)o1. The van der Waals surface area contributed by atoms with E-state index in [4.69, 9.17) is 10.2 Å². The molecule has 1 amide bonds. The predicted molar refractivity (Wildman–Crippen MR) is 62.7 cm³/mol. The molecule has 0 spiro atoms. The minimum atomic E-state index is -0.322. The van der Waals surface area contributed by atoms with Crippen molar-refractivity contribution >= 4 is 5.91 Å².